The second-order valence-corrected chi connectivity index (χ2v) is 5.85. The van der Waals surface area contributed by atoms with Gasteiger partial charge in [0.05, 0.1) is 0 Å². The molecule has 1 aliphatic rings. The average molecular weight is 272 g/mol. The summed E-state index contributed by atoms with van der Waals surface area (Å²) in [5, 5.41) is 2.58. The molecule has 0 atom stereocenters. The van der Waals surface area contributed by atoms with Gasteiger partial charge in [0.1, 0.15) is 10.7 Å². The van der Waals surface area contributed by atoms with Crippen LogP contribution in [0.3, 0.4) is 0 Å². The summed E-state index contributed by atoms with van der Waals surface area (Å²) in [5.74, 6) is 0.684. The summed E-state index contributed by atoms with van der Waals surface area (Å²) in [7, 11) is 0. The maximum atomic E-state index is 12.2. The summed E-state index contributed by atoms with van der Waals surface area (Å²) in [6.07, 6.45) is 3.88. The number of nitrogens with zero attached hydrogens (tertiary/aromatic N) is 1. The lowest BCUT2D eigenvalue weighted by molar-refractivity contribution is 0.103. The summed E-state index contributed by atoms with van der Waals surface area (Å²) >= 11 is 1.44. The number of ketones is 1. The van der Waals surface area contributed by atoms with E-state index in [9.17, 15) is 4.79 Å². The monoisotopic (exact) mass is 272 g/mol. The number of nitrogens with two attached hydrogens (primary N) is 1. The van der Waals surface area contributed by atoms with Crippen molar-refractivity contribution in [2.75, 3.05) is 0 Å². The molecule has 0 unspecified atom stereocenters. The van der Waals surface area contributed by atoms with Crippen LogP contribution in [0, 0.1) is 0 Å². The molecule has 98 valence electrons. The Bertz CT molecular complexity index is 584. The minimum Gasteiger partial charge on any atom is -0.325 e. The molecule has 3 rings (SSSR count). The molecule has 0 bridgehead atoms. The van der Waals surface area contributed by atoms with Crippen LogP contribution >= 0.6 is 11.3 Å². The molecular formula is C15H16N2OS. The van der Waals surface area contributed by atoms with Crippen LogP contribution in [0.5, 0.6) is 0 Å². The maximum Gasteiger partial charge on any atom is 0.212 e. The summed E-state index contributed by atoms with van der Waals surface area (Å²) in [6, 6.07) is 7.98. The zero-order valence-electron chi connectivity index (χ0n) is 10.6. The highest BCUT2D eigenvalue weighted by molar-refractivity contribution is 7.09. The SMILES string of the molecule is NCc1nc(C(=O)c2ccc(C3CCC3)cc2)cs1. The fourth-order valence-corrected chi connectivity index (χ4v) is 2.96. The van der Waals surface area contributed by atoms with E-state index >= 15 is 0 Å². The van der Waals surface area contributed by atoms with E-state index in [1.165, 1.54) is 36.2 Å². The Balaban J connectivity index is 1.79. The first-order valence-corrected chi connectivity index (χ1v) is 7.45. The van der Waals surface area contributed by atoms with Crippen molar-refractivity contribution in [2.24, 2.45) is 5.73 Å². The minimum atomic E-state index is -0.0175. The molecule has 3 nitrogen and oxygen atoms in total. The van der Waals surface area contributed by atoms with Crippen molar-refractivity contribution in [3.8, 4) is 0 Å². The molecule has 0 radical (unpaired) electrons. The number of thiazole rings is 1. The topological polar surface area (TPSA) is 56.0 Å². The van der Waals surface area contributed by atoms with Gasteiger partial charge in [0.25, 0.3) is 0 Å². The van der Waals surface area contributed by atoms with Crippen LogP contribution in [-0.2, 0) is 6.54 Å². The number of rotatable bonds is 4. The van der Waals surface area contributed by atoms with Crippen molar-refractivity contribution in [3.63, 3.8) is 0 Å². The number of hydrogen-bond acceptors (Lipinski definition) is 4. The van der Waals surface area contributed by atoms with Gasteiger partial charge in [-0.3, -0.25) is 4.79 Å². The lowest BCUT2D eigenvalue weighted by Gasteiger charge is -2.25. The predicted octanol–water partition coefficient (Wildman–Crippen LogP) is 3.10. The molecular weight excluding hydrogens is 256 g/mol. The van der Waals surface area contributed by atoms with Crippen LogP contribution in [0.4, 0.5) is 0 Å². The van der Waals surface area contributed by atoms with Crippen molar-refractivity contribution in [1.82, 2.24) is 4.98 Å². The van der Waals surface area contributed by atoms with E-state index in [0.717, 1.165) is 5.01 Å². The zero-order valence-corrected chi connectivity index (χ0v) is 11.5. The quantitative estimate of drug-likeness (QED) is 0.870. The van der Waals surface area contributed by atoms with E-state index in [1.807, 2.05) is 12.1 Å². The van der Waals surface area contributed by atoms with E-state index in [0.29, 0.717) is 23.7 Å². The molecule has 1 heterocycles. The Kier molecular flexibility index (Phi) is 3.44. The summed E-state index contributed by atoms with van der Waals surface area (Å²) in [5.41, 5.74) is 8.07. The molecule has 1 fully saturated rings. The predicted molar refractivity (Wildman–Crippen MR) is 76.5 cm³/mol. The lowest BCUT2D eigenvalue weighted by Crippen LogP contribution is -2.09. The van der Waals surface area contributed by atoms with Crippen LogP contribution < -0.4 is 5.73 Å². The Labute approximate surface area is 116 Å². The van der Waals surface area contributed by atoms with Crippen LogP contribution in [0.1, 0.15) is 51.8 Å². The Morgan fingerprint density at radius 2 is 2.05 bits per heavy atom. The third kappa shape index (κ3) is 2.46. The number of benzene rings is 1. The molecule has 0 amide bonds. The zero-order chi connectivity index (χ0) is 13.2. The number of carbonyl (C=O) groups excluding carboxylic acids is 1. The molecule has 1 aliphatic carbocycles. The lowest BCUT2D eigenvalue weighted by atomic mass is 9.80. The molecule has 0 saturated heterocycles. The van der Waals surface area contributed by atoms with Gasteiger partial charge in [-0.05, 0) is 24.3 Å². The first-order chi connectivity index (χ1) is 9.28. The van der Waals surface area contributed by atoms with Gasteiger partial charge in [0.2, 0.25) is 5.78 Å². The van der Waals surface area contributed by atoms with Gasteiger partial charge >= 0.3 is 0 Å². The van der Waals surface area contributed by atoms with Crippen LogP contribution in [-0.4, -0.2) is 10.8 Å². The number of aromatic nitrogens is 1. The highest BCUT2D eigenvalue weighted by Gasteiger charge is 2.20. The molecule has 1 aromatic heterocycles. The van der Waals surface area contributed by atoms with Crippen molar-refractivity contribution in [2.45, 2.75) is 31.7 Å². The van der Waals surface area contributed by atoms with E-state index < -0.39 is 0 Å². The molecule has 4 heteroatoms. The fraction of sp³-hybridized carbons (Fsp3) is 0.333. The van der Waals surface area contributed by atoms with E-state index in [1.54, 1.807) is 5.38 Å². The van der Waals surface area contributed by atoms with Gasteiger partial charge in [-0.15, -0.1) is 11.3 Å². The van der Waals surface area contributed by atoms with E-state index in [-0.39, 0.29) is 5.78 Å². The highest BCUT2D eigenvalue weighted by atomic mass is 32.1. The average Bonchev–Trinajstić information content (AvgIpc) is 2.85. The van der Waals surface area contributed by atoms with Crippen molar-refractivity contribution in [3.05, 3.63) is 51.5 Å². The van der Waals surface area contributed by atoms with Crippen molar-refractivity contribution < 1.29 is 4.79 Å². The van der Waals surface area contributed by atoms with Crippen molar-refractivity contribution in [1.29, 1.82) is 0 Å². The van der Waals surface area contributed by atoms with Gasteiger partial charge in [-0.1, -0.05) is 30.7 Å². The Hall–Kier alpha value is -1.52. The molecule has 1 saturated carbocycles. The highest BCUT2D eigenvalue weighted by Crippen LogP contribution is 2.36. The second kappa shape index (κ2) is 5.23. The Morgan fingerprint density at radius 1 is 1.32 bits per heavy atom. The van der Waals surface area contributed by atoms with Crippen molar-refractivity contribution >= 4 is 17.1 Å². The summed E-state index contributed by atoms with van der Waals surface area (Å²) in [4.78, 5) is 16.5. The molecule has 1 aromatic carbocycles. The standard InChI is InChI=1S/C15H16N2OS/c16-8-14-17-13(9-19-14)15(18)12-6-4-11(5-7-12)10-2-1-3-10/h4-7,9-10H,1-3,8,16H2. The second-order valence-electron chi connectivity index (χ2n) is 4.91. The first-order valence-electron chi connectivity index (χ1n) is 6.57. The number of hydrogen-bond donors (Lipinski definition) is 1. The summed E-state index contributed by atoms with van der Waals surface area (Å²) < 4.78 is 0. The minimum absolute atomic E-state index is 0.0175. The third-order valence-electron chi connectivity index (χ3n) is 3.71. The fourth-order valence-electron chi connectivity index (χ4n) is 2.31. The normalized spacial score (nSPS) is 15.2. The van der Waals surface area contributed by atoms with Gasteiger partial charge < -0.3 is 5.73 Å². The molecule has 0 aliphatic heterocycles. The summed E-state index contributed by atoms with van der Waals surface area (Å²) in [6.45, 7) is 0.387. The number of carbonyl (C=O) groups is 1. The largest absolute Gasteiger partial charge is 0.325 e. The maximum absolute atomic E-state index is 12.2. The smallest absolute Gasteiger partial charge is 0.212 e. The van der Waals surface area contributed by atoms with Gasteiger partial charge in [0.15, 0.2) is 0 Å². The van der Waals surface area contributed by atoms with Crippen LogP contribution in [0.25, 0.3) is 0 Å². The third-order valence-corrected chi connectivity index (χ3v) is 4.58. The molecule has 2 aromatic rings. The van der Waals surface area contributed by atoms with Gasteiger partial charge in [0, 0.05) is 17.5 Å². The molecule has 2 N–H and O–H groups in total. The van der Waals surface area contributed by atoms with E-state index in [2.05, 4.69) is 17.1 Å². The first kappa shape index (κ1) is 12.5. The van der Waals surface area contributed by atoms with Crippen LogP contribution in [0.15, 0.2) is 29.6 Å². The Morgan fingerprint density at radius 3 is 2.58 bits per heavy atom. The molecule has 19 heavy (non-hydrogen) atoms. The van der Waals surface area contributed by atoms with E-state index in [4.69, 9.17) is 5.73 Å². The van der Waals surface area contributed by atoms with Gasteiger partial charge in [-0.25, -0.2) is 4.98 Å². The van der Waals surface area contributed by atoms with Crippen LogP contribution in [0.2, 0.25) is 0 Å². The molecule has 0 spiro atoms. The van der Waals surface area contributed by atoms with Gasteiger partial charge in [-0.2, -0.15) is 0 Å².